The van der Waals surface area contributed by atoms with Gasteiger partial charge in [-0.1, -0.05) is 30.3 Å². The molecule has 2 rings (SSSR count). The zero-order chi connectivity index (χ0) is 12.8. The van der Waals surface area contributed by atoms with Gasteiger partial charge in [0.05, 0.1) is 0 Å². The van der Waals surface area contributed by atoms with Crippen LogP contribution >= 0.6 is 0 Å². The predicted octanol–water partition coefficient (Wildman–Crippen LogP) is 3.02. The molecule has 0 radical (unpaired) electrons. The average molecular weight is 244 g/mol. The lowest BCUT2D eigenvalue weighted by molar-refractivity contribution is -0.120. The molecule has 0 atom stereocenters. The third-order valence-corrected chi connectivity index (χ3v) is 2.43. The zero-order valence-corrected chi connectivity index (χ0v) is 9.80. The number of para-hydroxylation sites is 1. The van der Waals surface area contributed by atoms with Crippen molar-refractivity contribution in [3.8, 4) is 5.75 Å². The number of carbonyl (C=O) groups excluding carboxylic acids is 1. The van der Waals surface area contributed by atoms with Gasteiger partial charge in [0.25, 0.3) is 0 Å². The molecule has 0 N–H and O–H groups in total. The van der Waals surface area contributed by atoms with Crippen LogP contribution in [0.5, 0.6) is 5.75 Å². The molecule has 0 aliphatic rings. The summed E-state index contributed by atoms with van der Waals surface area (Å²) in [5, 5.41) is 0. The van der Waals surface area contributed by atoms with Crippen molar-refractivity contribution in [1.82, 2.24) is 0 Å². The minimum Gasteiger partial charge on any atom is -0.486 e. The average Bonchev–Trinajstić information content (AvgIpc) is 2.38. The highest BCUT2D eigenvalue weighted by molar-refractivity contribution is 5.82. The molecule has 2 aromatic rings. The van der Waals surface area contributed by atoms with Gasteiger partial charge in [-0.05, 0) is 29.8 Å². The van der Waals surface area contributed by atoms with E-state index in [2.05, 4.69) is 0 Å². The molecule has 0 fully saturated rings. The molecule has 0 amide bonds. The summed E-state index contributed by atoms with van der Waals surface area (Å²) in [5.74, 6) is 0.249. The van der Waals surface area contributed by atoms with Crippen molar-refractivity contribution in [3.63, 3.8) is 0 Å². The number of halogens is 1. The topological polar surface area (TPSA) is 26.3 Å². The molecule has 2 aromatic carbocycles. The van der Waals surface area contributed by atoms with Crippen LogP contribution in [0.1, 0.15) is 5.56 Å². The standard InChI is InChI=1S/C15H13FO2/c16-13-6-4-5-12(9-13)10-14(17)11-18-15-7-2-1-3-8-15/h1-9H,10-11H2. The van der Waals surface area contributed by atoms with Crippen LogP contribution in [-0.2, 0) is 11.2 Å². The van der Waals surface area contributed by atoms with Crippen LogP contribution in [0.25, 0.3) is 0 Å². The second-order valence-corrected chi connectivity index (χ2v) is 3.95. The van der Waals surface area contributed by atoms with Crippen molar-refractivity contribution in [1.29, 1.82) is 0 Å². The van der Waals surface area contributed by atoms with Gasteiger partial charge in [-0.3, -0.25) is 4.79 Å². The predicted molar refractivity (Wildman–Crippen MR) is 67.0 cm³/mol. The monoisotopic (exact) mass is 244 g/mol. The van der Waals surface area contributed by atoms with E-state index in [0.29, 0.717) is 11.3 Å². The Morgan fingerprint density at radius 1 is 1.06 bits per heavy atom. The van der Waals surface area contributed by atoms with Gasteiger partial charge in [0.15, 0.2) is 5.78 Å². The number of carbonyl (C=O) groups is 1. The minimum absolute atomic E-state index is 0.000522. The summed E-state index contributed by atoms with van der Waals surface area (Å²) in [6.45, 7) is 0.000522. The van der Waals surface area contributed by atoms with Gasteiger partial charge < -0.3 is 4.74 Å². The smallest absolute Gasteiger partial charge is 0.174 e. The third-order valence-electron chi connectivity index (χ3n) is 2.43. The summed E-state index contributed by atoms with van der Waals surface area (Å²) in [6.07, 6.45) is 0.185. The van der Waals surface area contributed by atoms with Crippen molar-refractivity contribution in [2.75, 3.05) is 6.61 Å². The first-order chi connectivity index (χ1) is 8.74. The quantitative estimate of drug-likeness (QED) is 0.808. The molecule has 92 valence electrons. The van der Waals surface area contributed by atoms with Crippen molar-refractivity contribution in [2.24, 2.45) is 0 Å². The van der Waals surface area contributed by atoms with Crippen LogP contribution in [0, 0.1) is 5.82 Å². The summed E-state index contributed by atoms with van der Waals surface area (Å²) < 4.78 is 18.3. The van der Waals surface area contributed by atoms with Crippen LogP contribution in [0.15, 0.2) is 54.6 Å². The Kier molecular flexibility index (Phi) is 4.07. The van der Waals surface area contributed by atoms with Crippen molar-refractivity contribution < 1.29 is 13.9 Å². The maximum Gasteiger partial charge on any atom is 0.174 e. The summed E-state index contributed by atoms with van der Waals surface area (Å²) in [7, 11) is 0. The van der Waals surface area contributed by atoms with E-state index < -0.39 is 0 Å². The molecular weight excluding hydrogens is 231 g/mol. The Morgan fingerprint density at radius 3 is 2.56 bits per heavy atom. The Balaban J connectivity index is 1.86. The van der Waals surface area contributed by atoms with Crippen LogP contribution in [0.4, 0.5) is 4.39 Å². The summed E-state index contributed by atoms with van der Waals surface area (Å²) in [5.41, 5.74) is 0.664. The normalized spacial score (nSPS) is 10.1. The molecule has 0 saturated heterocycles. The fraction of sp³-hybridized carbons (Fsp3) is 0.133. The fourth-order valence-corrected chi connectivity index (χ4v) is 1.61. The van der Waals surface area contributed by atoms with Crippen LogP contribution in [0.3, 0.4) is 0 Å². The van der Waals surface area contributed by atoms with E-state index in [0.717, 1.165) is 0 Å². The van der Waals surface area contributed by atoms with Gasteiger partial charge in [0.1, 0.15) is 18.2 Å². The lowest BCUT2D eigenvalue weighted by Gasteiger charge is -2.05. The van der Waals surface area contributed by atoms with E-state index in [1.807, 2.05) is 18.2 Å². The molecule has 2 nitrogen and oxygen atoms in total. The second-order valence-electron chi connectivity index (χ2n) is 3.95. The lowest BCUT2D eigenvalue weighted by Crippen LogP contribution is -2.13. The molecule has 0 aliphatic heterocycles. The summed E-state index contributed by atoms with van der Waals surface area (Å²) >= 11 is 0. The maximum atomic E-state index is 12.9. The number of hydrogen-bond donors (Lipinski definition) is 0. The molecule has 0 unspecified atom stereocenters. The molecule has 0 heterocycles. The Labute approximate surface area is 105 Å². The maximum absolute atomic E-state index is 12.9. The van der Waals surface area contributed by atoms with E-state index in [4.69, 9.17) is 4.74 Å². The molecule has 0 aromatic heterocycles. The molecule has 18 heavy (non-hydrogen) atoms. The highest BCUT2D eigenvalue weighted by atomic mass is 19.1. The van der Waals surface area contributed by atoms with Gasteiger partial charge >= 0.3 is 0 Å². The summed E-state index contributed by atoms with van der Waals surface area (Å²) in [4.78, 5) is 11.6. The first kappa shape index (κ1) is 12.3. The van der Waals surface area contributed by atoms with E-state index in [9.17, 15) is 9.18 Å². The Bertz CT molecular complexity index is 523. The van der Waals surface area contributed by atoms with Gasteiger partial charge in [0, 0.05) is 6.42 Å². The number of rotatable bonds is 5. The number of benzene rings is 2. The van der Waals surface area contributed by atoms with Gasteiger partial charge in [-0.15, -0.1) is 0 Å². The first-order valence-corrected chi connectivity index (χ1v) is 5.68. The minimum atomic E-state index is -0.329. The number of Topliss-reactive ketones (excluding diaryl/α,β-unsaturated/α-hetero) is 1. The lowest BCUT2D eigenvalue weighted by atomic mass is 10.1. The zero-order valence-electron chi connectivity index (χ0n) is 9.80. The van der Waals surface area contributed by atoms with Gasteiger partial charge in [-0.2, -0.15) is 0 Å². The van der Waals surface area contributed by atoms with Crippen molar-refractivity contribution >= 4 is 5.78 Å². The first-order valence-electron chi connectivity index (χ1n) is 5.68. The fourth-order valence-electron chi connectivity index (χ4n) is 1.61. The number of ether oxygens (including phenoxy) is 1. The van der Waals surface area contributed by atoms with E-state index >= 15 is 0 Å². The van der Waals surface area contributed by atoms with E-state index in [1.54, 1.807) is 24.3 Å². The molecular formula is C15H13FO2. The second kappa shape index (κ2) is 5.96. The summed E-state index contributed by atoms with van der Waals surface area (Å²) in [6, 6.07) is 15.2. The number of hydrogen-bond acceptors (Lipinski definition) is 2. The molecule has 0 spiro atoms. The highest BCUT2D eigenvalue weighted by Crippen LogP contribution is 2.09. The number of ketones is 1. The van der Waals surface area contributed by atoms with Crippen LogP contribution in [0.2, 0.25) is 0 Å². The van der Waals surface area contributed by atoms with Crippen LogP contribution in [-0.4, -0.2) is 12.4 Å². The molecule has 3 heteroatoms. The Morgan fingerprint density at radius 2 is 1.83 bits per heavy atom. The third kappa shape index (κ3) is 3.70. The van der Waals surface area contributed by atoms with Gasteiger partial charge in [0.2, 0.25) is 0 Å². The van der Waals surface area contributed by atoms with Crippen molar-refractivity contribution in [2.45, 2.75) is 6.42 Å². The van der Waals surface area contributed by atoms with Crippen LogP contribution < -0.4 is 4.74 Å². The molecule has 0 saturated carbocycles. The van der Waals surface area contributed by atoms with Crippen molar-refractivity contribution in [3.05, 3.63) is 66.0 Å². The van der Waals surface area contributed by atoms with E-state index in [-0.39, 0.29) is 24.6 Å². The Hall–Kier alpha value is -2.16. The molecule has 0 bridgehead atoms. The SMILES string of the molecule is O=C(COc1ccccc1)Cc1cccc(F)c1. The molecule has 0 aliphatic carbocycles. The van der Waals surface area contributed by atoms with E-state index in [1.165, 1.54) is 12.1 Å². The highest BCUT2D eigenvalue weighted by Gasteiger charge is 2.05. The van der Waals surface area contributed by atoms with Gasteiger partial charge in [-0.25, -0.2) is 4.39 Å². The largest absolute Gasteiger partial charge is 0.486 e.